The Bertz CT molecular complexity index is 423. The zero-order valence-corrected chi connectivity index (χ0v) is 13.2. The molecule has 0 spiro atoms. The number of benzene rings is 1. The fourth-order valence-corrected chi connectivity index (χ4v) is 4.15. The van der Waals surface area contributed by atoms with Crippen LogP contribution in [-0.4, -0.2) is 55.2 Å². The molecule has 4 heteroatoms. The van der Waals surface area contributed by atoms with Crippen molar-refractivity contribution >= 4 is 23.1 Å². The van der Waals surface area contributed by atoms with Crippen LogP contribution < -0.4 is 10.2 Å². The molecule has 2 aliphatic rings. The highest BCUT2D eigenvalue weighted by atomic mass is 32.2. The van der Waals surface area contributed by atoms with Gasteiger partial charge in [-0.3, -0.25) is 0 Å². The van der Waals surface area contributed by atoms with Crippen molar-refractivity contribution in [2.24, 2.45) is 0 Å². The summed E-state index contributed by atoms with van der Waals surface area (Å²) < 4.78 is 0. The van der Waals surface area contributed by atoms with Crippen molar-refractivity contribution in [2.75, 3.05) is 54.4 Å². The number of anilines is 2. The van der Waals surface area contributed by atoms with E-state index in [0.29, 0.717) is 6.04 Å². The van der Waals surface area contributed by atoms with Crippen LogP contribution in [0.25, 0.3) is 0 Å². The molecule has 0 radical (unpaired) electrons. The SMILES string of the molecule is CCN1CCN(c2cccc(NC3CCSC3)c2)CC1. The molecule has 1 unspecified atom stereocenters. The van der Waals surface area contributed by atoms with E-state index in [-0.39, 0.29) is 0 Å². The standard InChI is InChI=1S/C16H25N3S/c1-2-18-7-9-19(10-8-18)16-5-3-4-14(12-16)17-15-6-11-20-13-15/h3-5,12,15,17H,2,6-11,13H2,1H3. The van der Waals surface area contributed by atoms with Crippen molar-refractivity contribution in [1.29, 1.82) is 0 Å². The van der Waals surface area contributed by atoms with Gasteiger partial charge in [0.1, 0.15) is 0 Å². The number of rotatable bonds is 4. The van der Waals surface area contributed by atoms with Crippen LogP contribution in [0.4, 0.5) is 11.4 Å². The molecular formula is C16H25N3S. The summed E-state index contributed by atoms with van der Waals surface area (Å²) in [5.41, 5.74) is 2.66. The minimum atomic E-state index is 0.659. The zero-order valence-electron chi connectivity index (χ0n) is 12.3. The third-order valence-electron chi connectivity index (χ3n) is 4.33. The first-order valence-electron chi connectivity index (χ1n) is 7.77. The number of thioether (sulfide) groups is 1. The Hall–Kier alpha value is -0.870. The first-order chi connectivity index (χ1) is 9.85. The van der Waals surface area contributed by atoms with E-state index in [9.17, 15) is 0 Å². The molecule has 0 aromatic heterocycles. The number of piperazine rings is 1. The van der Waals surface area contributed by atoms with Crippen LogP contribution in [0, 0.1) is 0 Å². The van der Waals surface area contributed by atoms with Crippen molar-refractivity contribution in [3.63, 3.8) is 0 Å². The van der Waals surface area contributed by atoms with E-state index in [2.05, 4.69) is 58.1 Å². The van der Waals surface area contributed by atoms with Gasteiger partial charge in [0.25, 0.3) is 0 Å². The number of hydrogen-bond donors (Lipinski definition) is 1. The van der Waals surface area contributed by atoms with E-state index in [0.717, 1.165) is 13.1 Å². The van der Waals surface area contributed by atoms with Gasteiger partial charge in [0.15, 0.2) is 0 Å². The lowest BCUT2D eigenvalue weighted by molar-refractivity contribution is 0.271. The summed E-state index contributed by atoms with van der Waals surface area (Å²) in [6.07, 6.45) is 1.30. The van der Waals surface area contributed by atoms with Crippen LogP contribution in [0.3, 0.4) is 0 Å². The van der Waals surface area contributed by atoms with Crippen LogP contribution >= 0.6 is 11.8 Å². The molecule has 3 rings (SSSR count). The maximum atomic E-state index is 3.68. The second-order valence-electron chi connectivity index (χ2n) is 5.68. The van der Waals surface area contributed by atoms with Crippen LogP contribution in [-0.2, 0) is 0 Å². The molecule has 3 nitrogen and oxygen atoms in total. The lowest BCUT2D eigenvalue weighted by atomic mass is 10.2. The minimum Gasteiger partial charge on any atom is -0.381 e. The monoisotopic (exact) mass is 291 g/mol. The van der Waals surface area contributed by atoms with Crippen LogP contribution in [0.2, 0.25) is 0 Å². The molecule has 2 fully saturated rings. The van der Waals surface area contributed by atoms with Crippen molar-refractivity contribution < 1.29 is 0 Å². The van der Waals surface area contributed by atoms with Crippen LogP contribution in [0.15, 0.2) is 24.3 Å². The highest BCUT2D eigenvalue weighted by molar-refractivity contribution is 7.99. The summed E-state index contributed by atoms with van der Waals surface area (Å²) in [7, 11) is 0. The van der Waals surface area contributed by atoms with Crippen molar-refractivity contribution in [2.45, 2.75) is 19.4 Å². The van der Waals surface area contributed by atoms with E-state index in [1.54, 1.807) is 0 Å². The first-order valence-corrected chi connectivity index (χ1v) is 8.92. The van der Waals surface area contributed by atoms with Crippen molar-refractivity contribution in [3.05, 3.63) is 24.3 Å². The topological polar surface area (TPSA) is 18.5 Å². The number of nitrogens with one attached hydrogen (secondary N) is 1. The summed E-state index contributed by atoms with van der Waals surface area (Å²) in [4.78, 5) is 5.04. The Morgan fingerprint density at radius 1 is 1.25 bits per heavy atom. The van der Waals surface area contributed by atoms with Gasteiger partial charge >= 0.3 is 0 Å². The molecule has 0 aliphatic carbocycles. The summed E-state index contributed by atoms with van der Waals surface area (Å²) in [6.45, 7) is 8.10. The van der Waals surface area contributed by atoms with Crippen LogP contribution in [0.5, 0.6) is 0 Å². The van der Waals surface area contributed by atoms with E-state index in [4.69, 9.17) is 0 Å². The average molecular weight is 291 g/mol. The molecule has 0 amide bonds. The Morgan fingerprint density at radius 3 is 2.80 bits per heavy atom. The molecule has 2 aliphatic heterocycles. The fourth-order valence-electron chi connectivity index (χ4n) is 3.00. The molecule has 1 aromatic rings. The van der Waals surface area contributed by atoms with E-state index >= 15 is 0 Å². The molecule has 1 N–H and O–H groups in total. The molecule has 1 aromatic carbocycles. The number of likely N-dealkylation sites (N-methyl/N-ethyl adjacent to an activating group) is 1. The lowest BCUT2D eigenvalue weighted by Gasteiger charge is -2.35. The quantitative estimate of drug-likeness (QED) is 0.919. The smallest absolute Gasteiger partial charge is 0.0387 e. The average Bonchev–Trinajstić information content (AvgIpc) is 3.01. The van der Waals surface area contributed by atoms with Gasteiger partial charge in [-0.15, -0.1) is 0 Å². The largest absolute Gasteiger partial charge is 0.381 e. The molecule has 1 atom stereocenters. The molecule has 2 heterocycles. The normalized spacial score (nSPS) is 24.1. The fraction of sp³-hybridized carbons (Fsp3) is 0.625. The molecule has 2 saturated heterocycles. The number of nitrogens with zero attached hydrogens (tertiary/aromatic N) is 2. The van der Waals surface area contributed by atoms with E-state index in [1.807, 2.05) is 0 Å². The highest BCUT2D eigenvalue weighted by Crippen LogP contribution is 2.25. The first kappa shape index (κ1) is 14.1. The summed E-state index contributed by atoms with van der Waals surface area (Å²) in [5.74, 6) is 2.55. The van der Waals surface area contributed by atoms with Crippen LogP contribution in [0.1, 0.15) is 13.3 Å². The van der Waals surface area contributed by atoms with Gasteiger partial charge in [0, 0.05) is 49.3 Å². The van der Waals surface area contributed by atoms with Gasteiger partial charge in [-0.25, -0.2) is 0 Å². The second-order valence-corrected chi connectivity index (χ2v) is 6.83. The van der Waals surface area contributed by atoms with Crippen molar-refractivity contribution in [1.82, 2.24) is 4.90 Å². The summed E-state index contributed by atoms with van der Waals surface area (Å²) in [6, 6.07) is 9.62. The highest BCUT2D eigenvalue weighted by Gasteiger charge is 2.17. The third kappa shape index (κ3) is 3.41. The maximum absolute atomic E-state index is 3.68. The third-order valence-corrected chi connectivity index (χ3v) is 5.49. The van der Waals surface area contributed by atoms with Gasteiger partial charge in [-0.05, 0) is 36.9 Å². The Morgan fingerprint density at radius 2 is 2.10 bits per heavy atom. The van der Waals surface area contributed by atoms with Gasteiger partial charge in [-0.2, -0.15) is 11.8 Å². The predicted octanol–water partition coefficient (Wildman–Crippen LogP) is 2.75. The molecule has 0 saturated carbocycles. The molecule has 20 heavy (non-hydrogen) atoms. The van der Waals surface area contributed by atoms with Gasteiger partial charge in [0.05, 0.1) is 0 Å². The summed E-state index contributed by atoms with van der Waals surface area (Å²) in [5, 5.41) is 3.68. The van der Waals surface area contributed by atoms with Gasteiger partial charge < -0.3 is 15.1 Å². The summed E-state index contributed by atoms with van der Waals surface area (Å²) >= 11 is 2.06. The molecule has 0 bridgehead atoms. The van der Waals surface area contributed by atoms with Gasteiger partial charge in [0.2, 0.25) is 0 Å². The number of hydrogen-bond acceptors (Lipinski definition) is 4. The predicted molar refractivity (Wildman–Crippen MR) is 90.1 cm³/mol. The molecular weight excluding hydrogens is 266 g/mol. The van der Waals surface area contributed by atoms with Crippen molar-refractivity contribution in [3.8, 4) is 0 Å². The molecule has 110 valence electrons. The Balaban J connectivity index is 1.62. The Kier molecular flexibility index (Phi) is 4.73. The minimum absolute atomic E-state index is 0.659. The van der Waals surface area contributed by atoms with Gasteiger partial charge in [-0.1, -0.05) is 13.0 Å². The zero-order chi connectivity index (χ0) is 13.8. The van der Waals surface area contributed by atoms with E-state index < -0.39 is 0 Å². The lowest BCUT2D eigenvalue weighted by Crippen LogP contribution is -2.46. The second kappa shape index (κ2) is 6.72. The Labute approximate surface area is 126 Å². The van der Waals surface area contributed by atoms with E-state index in [1.165, 1.54) is 48.9 Å². The maximum Gasteiger partial charge on any atom is 0.0387 e.